The zero-order valence-corrected chi connectivity index (χ0v) is 37.8. The van der Waals surface area contributed by atoms with Crippen molar-refractivity contribution >= 4 is 0 Å². The van der Waals surface area contributed by atoms with Crippen molar-refractivity contribution in [3.05, 3.63) is 291 Å². The van der Waals surface area contributed by atoms with Gasteiger partial charge in [0.2, 0.25) is 0 Å². The first-order valence-corrected chi connectivity index (χ1v) is 23.3. The van der Waals surface area contributed by atoms with Crippen LogP contribution in [0.3, 0.4) is 0 Å². The van der Waals surface area contributed by atoms with Crippen LogP contribution < -0.4 is 0 Å². The molecule has 0 saturated heterocycles. The molecule has 8 aromatic carbocycles. The Bertz CT molecular complexity index is 3360. The number of fused-ring (bicyclic) bond motifs is 9. The highest BCUT2D eigenvalue weighted by Crippen LogP contribution is 2.61. The molecule has 0 N–H and O–H groups in total. The third-order valence-corrected chi connectivity index (χ3v) is 15.8. The van der Waals surface area contributed by atoms with Gasteiger partial charge in [-0.05, 0) is 127 Å². The van der Waals surface area contributed by atoms with E-state index in [1.54, 1.807) is 0 Å². The molecule has 9 aromatic rings. The quantitative estimate of drug-likeness (QED) is 0.166. The molecule has 0 spiro atoms. The standard InChI is InChI=1S/C63H49N3/c1-41-35-36-64-60(37-41)62(56-31-13-7-25-50(56)51-26-8-14-32-57(51)62)46-21-17-19-44(38-46)61(54-29-11-5-23-48(54)49-24-6-12-30-55(49)61)45-20-18-22-47(39-45)63(66-40-65(4)42(2)43(66)3)58-33-15-9-27-52(58)53-28-10-16-34-59(53)63/h5-39H,40H2,1-4H3. The fourth-order valence-corrected chi connectivity index (χ4v) is 12.9. The number of hydrogen-bond acceptors (Lipinski definition) is 3. The van der Waals surface area contributed by atoms with Crippen LogP contribution in [0, 0.1) is 6.92 Å². The van der Waals surface area contributed by atoms with Crippen LogP contribution in [0.2, 0.25) is 0 Å². The molecule has 66 heavy (non-hydrogen) atoms. The summed E-state index contributed by atoms with van der Waals surface area (Å²) < 4.78 is 0. The van der Waals surface area contributed by atoms with Crippen LogP contribution in [-0.2, 0) is 16.4 Å². The van der Waals surface area contributed by atoms with Crippen molar-refractivity contribution in [1.29, 1.82) is 0 Å². The van der Waals surface area contributed by atoms with E-state index in [-0.39, 0.29) is 0 Å². The van der Waals surface area contributed by atoms with Crippen molar-refractivity contribution in [1.82, 2.24) is 14.8 Å². The number of pyridine rings is 1. The van der Waals surface area contributed by atoms with Gasteiger partial charge in [-0.1, -0.05) is 194 Å². The molecule has 0 saturated carbocycles. The van der Waals surface area contributed by atoms with Gasteiger partial charge in [0, 0.05) is 24.6 Å². The Kier molecular flexibility index (Phi) is 8.28. The summed E-state index contributed by atoms with van der Waals surface area (Å²) in [6.07, 6.45) is 1.99. The van der Waals surface area contributed by atoms with Gasteiger partial charge in [0.25, 0.3) is 0 Å². The Hall–Kier alpha value is -7.75. The molecule has 1 aromatic heterocycles. The van der Waals surface area contributed by atoms with E-state index in [1.165, 1.54) is 106 Å². The lowest BCUT2D eigenvalue weighted by Crippen LogP contribution is -2.46. The number of hydrogen-bond donors (Lipinski definition) is 0. The molecule has 316 valence electrons. The van der Waals surface area contributed by atoms with E-state index < -0.39 is 16.4 Å². The second-order valence-electron chi connectivity index (χ2n) is 18.8. The van der Waals surface area contributed by atoms with Crippen molar-refractivity contribution in [3.8, 4) is 33.4 Å². The summed E-state index contributed by atoms with van der Waals surface area (Å²) >= 11 is 0. The van der Waals surface area contributed by atoms with Gasteiger partial charge in [-0.2, -0.15) is 0 Å². The highest BCUT2D eigenvalue weighted by Gasteiger charge is 2.54. The van der Waals surface area contributed by atoms with E-state index in [4.69, 9.17) is 4.98 Å². The lowest BCUT2D eigenvalue weighted by Gasteiger charge is -2.44. The van der Waals surface area contributed by atoms with Gasteiger partial charge in [-0.25, -0.2) is 0 Å². The minimum absolute atomic E-state index is 0.585. The van der Waals surface area contributed by atoms with Gasteiger partial charge < -0.3 is 9.80 Å². The Labute approximate surface area is 388 Å². The molecule has 2 heterocycles. The van der Waals surface area contributed by atoms with E-state index in [9.17, 15) is 0 Å². The lowest BCUT2D eigenvalue weighted by atomic mass is 9.64. The fourth-order valence-electron chi connectivity index (χ4n) is 12.9. The van der Waals surface area contributed by atoms with E-state index in [2.05, 4.69) is 244 Å². The summed E-state index contributed by atoms with van der Waals surface area (Å²) in [5.41, 5.74) is 23.3. The number of allylic oxidation sites excluding steroid dienone is 2. The van der Waals surface area contributed by atoms with Gasteiger partial charge in [0.1, 0.15) is 5.54 Å². The Morgan fingerprint density at radius 1 is 0.379 bits per heavy atom. The fraction of sp³-hybridized carbons (Fsp3) is 0.127. The van der Waals surface area contributed by atoms with Crippen LogP contribution in [0.15, 0.2) is 224 Å². The zero-order valence-electron chi connectivity index (χ0n) is 37.8. The second kappa shape index (κ2) is 14.1. The molecule has 0 fully saturated rings. The number of aryl methyl sites for hydroxylation is 1. The molecular weight excluding hydrogens is 799 g/mol. The van der Waals surface area contributed by atoms with E-state index in [0.717, 1.165) is 12.4 Å². The monoisotopic (exact) mass is 847 g/mol. The maximum absolute atomic E-state index is 5.29. The van der Waals surface area contributed by atoms with Crippen molar-refractivity contribution in [3.63, 3.8) is 0 Å². The molecule has 3 heteroatoms. The predicted molar refractivity (Wildman–Crippen MR) is 268 cm³/mol. The largest absolute Gasteiger partial charge is 0.359 e. The molecule has 0 radical (unpaired) electrons. The number of benzene rings is 8. The van der Waals surface area contributed by atoms with Gasteiger partial charge in [0.15, 0.2) is 0 Å². The van der Waals surface area contributed by atoms with Gasteiger partial charge in [-0.3, -0.25) is 4.98 Å². The SMILES string of the molecule is CC1=C(C)N(C2(c3cccc(C4(c5cccc(C6(c7cc(C)ccn7)c7ccccc7-c7ccccc76)c5)c5ccccc5-c5ccccc54)c3)c3ccccc3-c3ccccc32)CN1C. The summed E-state index contributed by atoms with van der Waals surface area (Å²) in [6, 6.07) is 78.2. The zero-order chi connectivity index (χ0) is 44.4. The Balaban J connectivity index is 1.13. The molecule has 13 rings (SSSR count). The summed E-state index contributed by atoms with van der Waals surface area (Å²) in [5, 5.41) is 0. The summed E-state index contributed by atoms with van der Waals surface area (Å²) in [6.45, 7) is 7.54. The van der Waals surface area contributed by atoms with Crippen LogP contribution in [-0.4, -0.2) is 28.5 Å². The van der Waals surface area contributed by atoms with Crippen molar-refractivity contribution in [2.24, 2.45) is 0 Å². The maximum atomic E-state index is 5.29. The van der Waals surface area contributed by atoms with Crippen molar-refractivity contribution in [2.75, 3.05) is 13.7 Å². The van der Waals surface area contributed by atoms with Crippen LogP contribution >= 0.6 is 0 Å². The number of rotatable bonds is 6. The highest BCUT2D eigenvalue weighted by molar-refractivity contribution is 5.89. The molecule has 4 aliphatic rings. The summed E-state index contributed by atoms with van der Waals surface area (Å²) in [4.78, 5) is 10.4. The summed E-state index contributed by atoms with van der Waals surface area (Å²) in [7, 11) is 2.23. The van der Waals surface area contributed by atoms with E-state index in [0.29, 0.717) is 0 Å². The average Bonchev–Trinajstić information content (AvgIpc) is 4.04. The molecular formula is C63H49N3. The van der Waals surface area contributed by atoms with Crippen LogP contribution in [0.1, 0.15) is 80.7 Å². The van der Waals surface area contributed by atoms with E-state index in [1.807, 2.05) is 6.20 Å². The minimum Gasteiger partial charge on any atom is -0.359 e. The summed E-state index contributed by atoms with van der Waals surface area (Å²) in [5.74, 6) is 0. The third-order valence-electron chi connectivity index (χ3n) is 15.8. The highest BCUT2D eigenvalue weighted by atomic mass is 15.4. The Morgan fingerprint density at radius 3 is 1.20 bits per heavy atom. The normalized spacial score (nSPS) is 16.4. The van der Waals surface area contributed by atoms with Crippen molar-refractivity contribution in [2.45, 2.75) is 37.1 Å². The van der Waals surface area contributed by atoms with Gasteiger partial charge >= 0.3 is 0 Å². The average molecular weight is 848 g/mol. The molecule has 0 amide bonds. The number of nitrogens with zero attached hydrogens (tertiary/aromatic N) is 3. The first kappa shape index (κ1) is 38.7. The predicted octanol–water partition coefficient (Wildman–Crippen LogP) is 13.8. The first-order valence-electron chi connectivity index (χ1n) is 23.3. The van der Waals surface area contributed by atoms with Crippen molar-refractivity contribution < 1.29 is 0 Å². The van der Waals surface area contributed by atoms with Crippen LogP contribution in [0.25, 0.3) is 33.4 Å². The molecule has 0 unspecified atom stereocenters. The molecule has 3 nitrogen and oxygen atoms in total. The van der Waals surface area contributed by atoms with Gasteiger partial charge in [0.05, 0.1) is 23.2 Å². The second-order valence-corrected chi connectivity index (χ2v) is 18.8. The first-order chi connectivity index (χ1) is 32.4. The van der Waals surface area contributed by atoms with Crippen LogP contribution in [0.5, 0.6) is 0 Å². The maximum Gasteiger partial charge on any atom is 0.119 e. The number of aromatic nitrogens is 1. The van der Waals surface area contributed by atoms with Gasteiger partial charge in [-0.15, -0.1) is 0 Å². The molecule has 0 atom stereocenters. The molecule has 1 aliphatic heterocycles. The third kappa shape index (κ3) is 4.85. The van der Waals surface area contributed by atoms with E-state index >= 15 is 0 Å². The molecule has 3 aliphatic carbocycles. The lowest BCUT2D eigenvalue weighted by molar-refractivity contribution is 0.181. The Morgan fingerprint density at radius 2 is 0.758 bits per heavy atom. The minimum atomic E-state index is -0.667. The van der Waals surface area contributed by atoms with Crippen LogP contribution in [0.4, 0.5) is 0 Å². The topological polar surface area (TPSA) is 19.4 Å². The molecule has 0 bridgehead atoms. The smallest absolute Gasteiger partial charge is 0.119 e.